The van der Waals surface area contributed by atoms with Crippen molar-refractivity contribution in [1.29, 1.82) is 0 Å². The summed E-state index contributed by atoms with van der Waals surface area (Å²) in [5, 5.41) is 4.15. The maximum Gasteiger partial charge on any atom is 0.223 e. The van der Waals surface area contributed by atoms with Crippen LogP contribution in [0, 0.1) is 11.7 Å². The second kappa shape index (κ2) is 7.45. The Balaban J connectivity index is 1.51. The van der Waals surface area contributed by atoms with Gasteiger partial charge in [-0.3, -0.25) is 4.79 Å². The van der Waals surface area contributed by atoms with E-state index in [1.54, 1.807) is 23.5 Å². The van der Waals surface area contributed by atoms with Crippen molar-refractivity contribution in [2.24, 2.45) is 11.7 Å². The Morgan fingerprint density at radius 2 is 2.00 bits per heavy atom. The Morgan fingerprint density at radius 3 is 2.77 bits per heavy atom. The molecule has 0 spiro atoms. The van der Waals surface area contributed by atoms with Gasteiger partial charge in [-0.05, 0) is 62.8 Å². The summed E-state index contributed by atoms with van der Waals surface area (Å²) < 4.78 is 13.2. The molecular weight excluding hydrogens is 349 g/mol. The van der Waals surface area contributed by atoms with Crippen molar-refractivity contribution in [1.82, 2.24) is 10.3 Å². The van der Waals surface area contributed by atoms with E-state index in [1.165, 1.54) is 12.1 Å². The highest BCUT2D eigenvalue weighted by Crippen LogP contribution is 2.38. The number of aryl methyl sites for hydroxylation is 1. The summed E-state index contributed by atoms with van der Waals surface area (Å²) in [7, 11) is 0. The molecule has 1 amide bonds. The summed E-state index contributed by atoms with van der Waals surface area (Å²) in [5.41, 5.74) is 8.04. The van der Waals surface area contributed by atoms with Crippen molar-refractivity contribution in [3.8, 4) is 10.6 Å². The van der Waals surface area contributed by atoms with Gasteiger partial charge in [0, 0.05) is 17.5 Å². The first-order chi connectivity index (χ1) is 12.6. The molecule has 1 saturated carbocycles. The molecule has 26 heavy (non-hydrogen) atoms. The maximum atomic E-state index is 13.2. The predicted molar refractivity (Wildman–Crippen MR) is 101 cm³/mol. The Kier molecular flexibility index (Phi) is 5.05. The highest BCUT2D eigenvalue weighted by atomic mass is 32.1. The Bertz CT molecular complexity index is 789. The summed E-state index contributed by atoms with van der Waals surface area (Å²) in [6, 6.07) is 6.63. The topological polar surface area (TPSA) is 68.0 Å². The van der Waals surface area contributed by atoms with Crippen molar-refractivity contribution in [3.05, 3.63) is 40.7 Å². The van der Waals surface area contributed by atoms with Crippen LogP contribution in [0.15, 0.2) is 24.3 Å². The summed E-state index contributed by atoms with van der Waals surface area (Å²) in [5.74, 6) is -0.0748. The maximum absolute atomic E-state index is 13.2. The van der Waals surface area contributed by atoms with Gasteiger partial charge in [0.1, 0.15) is 10.8 Å². The number of fused-ring (bicyclic) bond motifs is 1. The molecule has 2 aliphatic carbocycles. The summed E-state index contributed by atoms with van der Waals surface area (Å²) >= 11 is 1.62. The number of carbonyl (C=O) groups excluding carboxylic acids is 1. The fourth-order valence-corrected chi connectivity index (χ4v) is 5.23. The van der Waals surface area contributed by atoms with Crippen LogP contribution in [0.4, 0.5) is 4.39 Å². The van der Waals surface area contributed by atoms with Gasteiger partial charge in [-0.25, -0.2) is 9.37 Å². The zero-order valence-corrected chi connectivity index (χ0v) is 15.5. The monoisotopic (exact) mass is 373 g/mol. The van der Waals surface area contributed by atoms with Gasteiger partial charge >= 0.3 is 0 Å². The molecule has 2 aliphatic rings. The number of aromatic nitrogens is 1. The van der Waals surface area contributed by atoms with Crippen molar-refractivity contribution >= 4 is 17.2 Å². The first-order valence-electron chi connectivity index (χ1n) is 9.41. The number of thiazole rings is 1. The lowest BCUT2D eigenvalue weighted by Crippen LogP contribution is -2.39. The first kappa shape index (κ1) is 17.6. The Morgan fingerprint density at radius 1 is 1.19 bits per heavy atom. The number of nitrogens with two attached hydrogens (primary N) is 1. The molecule has 1 heterocycles. The van der Waals surface area contributed by atoms with E-state index in [4.69, 9.17) is 10.7 Å². The largest absolute Gasteiger partial charge is 0.348 e. The normalized spacial score (nSPS) is 25.5. The van der Waals surface area contributed by atoms with Gasteiger partial charge in [0.05, 0.1) is 16.6 Å². The number of amides is 1. The molecule has 1 aromatic heterocycles. The molecular formula is C20H24FN3OS. The standard InChI is InChI=1S/C20H24FN3OS/c21-14-9-7-12(8-10-14)20-24-17-6-2-5-16(18(17)26-20)23-19(25)13-3-1-4-15(22)11-13/h7-10,13,15-16H,1-6,11,22H2,(H,23,25). The summed E-state index contributed by atoms with van der Waals surface area (Å²) in [4.78, 5) is 18.6. The number of halogens is 1. The van der Waals surface area contributed by atoms with Gasteiger partial charge in [0.15, 0.2) is 0 Å². The van der Waals surface area contributed by atoms with Crippen LogP contribution < -0.4 is 11.1 Å². The molecule has 0 aliphatic heterocycles. The second-order valence-corrected chi connectivity index (χ2v) is 8.44. The van der Waals surface area contributed by atoms with Crippen LogP contribution >= 0.6 is 11.3 Å². The third-order valence-electron chi connectivity index (χ3n) is 5.44. The lowest BCUT2D eigenvalue weighted by atomic mass is 9.85. The van der Waals surface area contributed by atoms with E-state index in [0.29, 0.717) is 0 Å². The van der Waals surface area contributed by atoms with Crippen molar-refractivity contribution in [2.45, 2.75) is 57.0 Å². The lowest BCUT2D eigenvalue weighted by molar-refractivity contribution is -0.127. The number of benzene rings is 1. The van der Waals surface area contributed by atoms with E-state index in [0.717, 1.165) is 66.1 Å². The Hall–Kier alpha value is -1.79. The molecule has 0 saturated heterocycles. The number of hydrogen-bond acceptors (Lipinski definition) is 4. The van der Waals surface area contributed by atoms with Gasteiger partial charge in [-0.2, -0.15) is 0 Å². The number of rotatable bonds is 3. The van der Waals surface area contributed by atoms with E-state index < -0.39 is 0 Å². The Labute approximate surface area is 157 Å². The van der Waals surface area contributed by atoms with Crippen LogP contribution in [0.2, 0.25) is 0 Å². The van der Waals surface area contributed by atoms with Crippen LogP contribution in [0.5, 0.6) is 0 Å². The molecule has 0 bridgehead atoms. The SMILES string of the molecule is NC1CCCC(C(=O)NC2CCCc3nc(-c4ccc(F)cc4)sc32)C1. The van der Waals surface area contributed by atoms with Crippen molar-refractivity contribution < 1.29 is 9.18 Å². The molecule has 4 rings (SSSR count). The van der Waals surface area contributed by atoms with E-state index in [-0.39, 0.29) is 29.7 Å². The van der Waals surface area contributed by atoms with Gasteiger partial charge in [0.25, 0.3) is 0 Å². The molecule has 2 aromatic rings. The van der Waals surface area contributed by atoms with Gasteiger partial charge in [-0.1, -0.05) is 6.42 Å². The van der Waals surface area contributed by atoms with Crippen LogP contribution in [0.25, 0.3) is 10.6 Å². The van der Waals surface area contributed by atoms with E-state index >= 15 is 0 Å². The minimum absolute atomic E-state index is 0.0358. The van der Waals surface area contributed by atoms with E-state index in [1.807, 2.05) is 0 Å². The number of carbonyl (C=O) groups is 1. The summed E-state index contributed by atoms with van der Waals surface area (Å²) in [6.45, 7) is 0. The minimum Gasteiger partial charge on any atom is -0.348 e. The number of nitrogens with zero attached hydrogens (tertiary/aromatic N) is 1. The van der Waals surface area contributed by atoms with E-state index in [9.17, 15) is 9.18 Å². The molecule has 138 valence electrons. The molecule has 1 aromatic carbocycles. The fraction of sp³-hybridized carbons (Fsp3) is 0.500. The minimum atomic E-state index is -0.245. The second-order valence-electron chi connectivity index (χ2n) is 7.41. The third-order valence-corrected chi connectivity index (χ3v) is 6.70. The summed E-state index contributed by atoms with van der Waals surface area (Å²) in [6.07, 6.45) is 6.68. The van der Waals surface area contributed by atoms with E-state index in [2.05, 4.69) is 5.32 Å². The fourth-order valence-electron chi connectivity index (χ4n) is 4.03. The highest BCUT2D eigenvalue weighted by Gasteiger charge is 2.30. The van der Waals surface area contributed by atoms with Crippen molar-refractivity contribution in [2.75, 3.05) is 0 Å². The van der Waals surface area contributed by atoms with Crippen LogP contribution in [-0.4, -0.2) is 16.9 Å². The van der Waals surface area contributed by atoms with Crippen LogP contribution in [0.1, 0.15) is 55.1 Å². The quantitative estimate of drug-likeness (QED) is 0.856. The molecule has 1 fully saturated rings. The first-order valence-corrected chi connectivity index (χ1v) is 10.2. The zero-order chi connectivity index (χ0) is 18.1. The molecule has 0 radical (unpaired) electrons. The van der Waals surface area contributed by atoms with Crippen LogP contribution in [-0.2, 0) is 11.2 Å². The van der Waals surface area contributed by atoms with Gasteiger partial charge in [0.2, 0.25) is 5.91 Å². The average Bonchev–Trinajstić information content (AvgIpc) is 3.07. The van der Waals surface area contributed by atoms with Crippen molar-refractivity contribution in [3.63, 3.8) is 0 Å². The van der Waals surface area contributed by atoms with Gasteiger partial charge in [-0.15, -0.1) is 11.3 Å². The highest BCUT2D eigenvalue weighted by molar-refractivity contribution is 7.15. The van der Waals surface area contributed by atoms with Crippen LogP contribution in [0.3, 0.4) is 0 Å². The zero-order valence-electron chi connectivity index (χ0n) is 14.7. The lowest BCUT2D eigenvalue weighted by Gasteiger charge is -2.29. The molecule has 4 nitrogen and oxygen atoms in total. The smallest absolute Gasteiger partial charge is 0.223 e. The molecule has 3 N–H and O–H groups in total. The number of hydrogen-bond donors (Lipinski definition) is 2. The third kappa shape index (κ3) is 3.67. The average molecular weight is 373 g/mol. The van der Waals surface area contributed by atoms with Gasteiger partial charge < -0.3 is 11.1 Å². The molecule has 6 heteroatoms. The molecule has 3 atom stereocenters. The number of nitrogens with one attached hydrogen (secondary N) is 1. The molecule has 3 unspecified atom stereocenters. The predicted octanol–water partition coefficient (Wildman–Crippen LogP) is 3.96.